The van der Waals surface area contributed by atoms with E-state index in [0.717, 1.165) is 40.4 Å². The quantitative estimate of drug-likeness (QED) is 0.615. The molecule has 1 aromatic heterocycles. The van der Waals surface area contributed by atoms with Crippen molar-refractivity contribution in [3.8, 4) is 0 Å². The second kappa shape index (κ2) is 9.26. The number of aromatic nitrogens is 2. The molecule has 1 atom stereocenters. The molecule has 7 nitrogen and oxygen atoms in total. The fourth-order valence-electron chi connectivity index (χ4n) is 3.65. The van der Waals surface area contributed by atoms with E-state index in [4.69, 9.17) is 0 Å². The Bertz CT molecular complexity index is 1100. The van der Waals surface area contributed by atoms with Crippen molar-refractivity contribution in [2.75, 3.05) is 23.7 Å². The van der Waals surface area contributed by atoms with E-state index >= 15 is 0 Å². The summed E-state index contributed by atoms with van der Waals surface area (Å²) in [6.45, 7) is 5.18. The average molecular weight is 436 g/mol. The van der Waals surface area contributed by atoms with Crippen LogP contribution in [0.5, 0.6) is 0 Å². The standard InChI is InChI=1S/C23H25N5O2S/c1-15-8-3-5-11-18(15)24-20(29)22-27-26-21(31-22)17-10-7-13-28(14-17)23(30)25-19-12-6-4-9-16(19)2/h3-6,8-9,11-12,17H,7,10,13-14H2,1-2H3,(H,24,29)(H,25,30)/t17-/m0/s1. The fraction of sp³-hybridized carbons (Fsp3) is 0.304. The van der Waals surface area contributed by atoms with Crippen LogP contribution in [0.25, 0.3) is 0 Å². The molecule has 3 aromatic rings. The van der Waals surface area contributed by atoms with Crippen LogP contribution in [-0.4, -0.2) is 40.1 Å². The van der Waals surface area contributed by atoms with Crippen molar-refractivity contribution in [2.24, 2.45) is 0 Å². The van der Waals surface area contributed by atoms with E-state index in [2.05, 4.69) is 20.8 Å². The van der Waals surface area contributed by atoms with Gasteiger partial charge in [-0.3, -0.25) is 4.79 Å². The average Bonchev–Trinajstić information content (AvgIpc) is 3.28. The molecule has 1 aliphatic rings. The number of hydrogen-bond acceptors (Lipinski definition) is 5. The zero-order valence-corrected chi connectivity index (χ0v) is 18.4. The maximum atomic E-state index is 12.8. The lowest BCUT2D eigenvalue weighted by Gasteiger charge is -2.31. The molecular weight excluding hydrogens is 410 g/mol. The van der Waals surface area contributed by atoms with Crippen molar-refractivity contribution in [3.63, 3.8) is 0 Å². The second-order valence-electron chi connectivity index (χ2n) is 7.74. The van der Waals surface area contributed by atoms with E-state index in [1.807, 2.05) is 67.3 Å². The molecule has 0 spiro atoms. The van der Waals surface area contributed by atoms with Gasteiger partial charge in [-0.2, -0.15) is 0 Å². The van der Waals surface area contributed by atoms with Gasteiger partial charge < -0.3 is 15.5 Å². The summed E-state index contributed by atoms with van der Waals surface area (Å²) in [5, 5.41) is 15.4. The van der Waals surface area contributed by atoms with Gasteiger partial charge in [0.2, 0.25) is 5.01 Å². The molecule has 3 amide bonds. The van der Waals surface area contributed by atoms with E-state index in [0.29, 0.717) is 18.1 Å². The maximum Gasteiger partial charge on any atom is 0.321 e. The normalized spacial score (nSPS) is 16.1. The minimum absolute atomic E-state index is 0.0777. The first-order valence-corrected chi connectivity index (χ1v) is 11.1. The third-order valence-electron chi connectivity index (χ3n) is 5.47. The molecule has 2 heterocycles. The van der Waals surface area contributed by atoms with Gasteiger partial charge in [-0.15, -0.1) is 10.2 Å². The Labute approximate surface area is 185 Å². The number of para-hydroxylation sites is 2. The Morgan fingerprint density at radius 3 is 2.29 bits per heavy atom. The zero-order valence-electron chi connectivity index (χ0n) is 17.6. The summed E-state index contributed by atoms with van der Waals surface area (Å²) in [6, 6.07) is 15.2. The Morgan fingerprint density at radius 2 is 1.61 bits per heavy atom. The largest absolute Gasteiger partial charge is 0.324 e. The summed E-state index contributed by atoms with van der Waals surface area (Å²) in [6.07, 6.45) is 1.80. The number of aryl methyl sites for hydroxylation is 2. The molecule has 160 valence electrons. The van der Waals surface area contributed by atoms with Crippen LogP contribution in [0.4, 0.5) is 16.2 Å². The third kappa shape index (κ3) is 4.91. The number of anilines is 2. The topological polar surface area (TPSA) is 87.2 Å². The lowest BCUT2D eigenvalue weighted by Crippen LogP contribution is -2.41. The van der Waals surface area contributed by atoms with E-state index in [1.54, 1.807) is 0 Å². The highest BCUT2D eigenvalue weighted by Crippen LogP contribution is 2.30. The lowest BCUT2D eigenvalue weighted by molar-refractivity contribution is 0.102. The molecule has 0 radical (unpaired) electrons. The van der Waals surface area contributed by atoms with E-state index in [9.17, 15) is 9.59 Å². The molecule has 1 fully saturated rings. The Morgan fingerprint density at radius 1 is 0.968 bits per heavy atom. The van der Waals surface area contributed by atoms with Gasteiger partial charge in [0.15, 0.2) is 0 Å². The van der Waals surface area contributed by atoms with Crippen LogP contribution in [-0.2, 0) is 0 Å². The van der Waals surface area contributed by atoms with Gasteiger partial charge in [0.25, 0.3) is 5.91 Å². The molecule has 31 heavy (non-hydrogen) atoms. The lowest BCUT2D eigenvalue weighted by atomic mass is 9.99. The van der Waals surface area contributed by atoms with Gasteiger partial charge in [-0.25, -0.2) is 4.79 Å². The number of piperidine rings is 1. The summed E-state index contributed by atoms with van der Waals surface area (Å²) in [7, 11) is 0. The van der Waals surface area contributed by atoms with Gasteiger partial charge >= 0.3 is 6.03 Å². The van der Waals surface area contributed by atoms with Crippen molar-refractivity contribution in [1.29, 1.82) is 0 Å². The number of urea groups is 1. The summed E-state index contributed by atoms with van der Waals surface area (Å²) in [5.41, 5.74) is 3.60. The number of hydrogen-bond donors (Lipinski definition) is 2. The van der Waals surface area contributed by atoms with Gasteiger partial charge in [0, 0.05) is 30.4 Å². The number of benzene rings is 2. The Hall–Kier alpha value is -3.26. The van der Waals surface area contributed by atoms with Crippen LogP contribution < -0.4 is 10.6 Å². The molecule has 2 aromatic carbocycles. The summed E-state index contributed by atoms with van der Waals surface area (Å²) in [5.74, 6) is -0.183. The third-order valence-corrected chi connectivity index (χ3v) is 6.56. The highest BCUT2D eigenvalue weighted by Gasteiger charge is 2.28. The fourth-order valence-corrected chi connectivity index (χ4v) is 4.52. The number of carbonyl (C=O) groups excluding carboxylic acids is 2. The minimum atomic E-state index is -0.261. The molecular formula is C23H25N5O2S. The van der Waals surface area contributed by atoms with Crippen molar-refractivity contribution in [3.05, 3.63) is 69.7 Å². The number of nitrogens with zero attached hydrogens (tertiary/aromatic N) is 3. The van der Waals surface area contributed by atoms with Crippen molar-refractivity contribution < 1.29 is 9.59 Å². The monoisotopic (exact) mass is 435 g/mol. The highest BCUT2D eigenvalue weighted by molar-refractivity contribution is 7.13. The second-order valence-corrected chi connectivity index (χ2v) is 8.75. The first-order chi connectivity index (χ1) is 15.0. The van der Waals surface area contributed by atoms with Crippen molar-refractivity contribution >= 4 is 34.6 Å². The minimum Gasteiger partial charge on any atom is -0.324 e. The molecule has 4 rings (SSSR count). The highest BCUT2D eigenvalue weighted by atomic mass is 32.1. The van der Waals surface area contributed by atoms with Crippen LogP contribution in [0.15, 0.2) is 48.5 Å². The summed E-state index contributed by atoms with van der Waals surface area (Å²) < 4.78 is 0. The predicted octanol–water partition coefficient (Wildman–Crippen LogP) is 4.82. The Balaban J connectivity index is 1.40. The number of nitrogens with one attached hydrogen (secondary N) is 2. The van der Waals surface area contributed by atoms with Gasteiger partial charge in [-0.05, 0) is 49.9 Å². The molecule has 0 aliphatic carbocycles. The zero-order chi connectivity index (χ0) is 21.8. The molecule has 0 bridgehead atoms. The predicted molar refractivity (Wildman–Crippen MR) is 123 cm³/mol. The molecule has 8 heteroatoms. The molecule has 1 saturated heterocycles. The SMILES string of the molecule is Cc1ccccc1NC(=O)c1nnc([C@H]2CCCN(C(=O)Nc3ccccc3C)C2)s1. The molecule has 0 unspecified atom stereocenters. The van der Waals surface area contributed by atoms with Gasteiger partial charge in [-0.1, -0.05) is 47.7 Å². The van der Waals surface area contributed by atoms with Crippen LogP contribution >= 0.6 is 11.3 Å². The van der Waals surface area contributed by atoms with Crippen molar-refractivity contribution in [2.45, 2.75) is 32.6 Å². The summed E-state index contributed by atoms with van der Waals surface area (Å²) >= 11 is 1.30. The van der Waals surface area contributed by atoms with Crippen LogP contribution in [0.3, 0.4) is 0 Å². The smallest absolute Gasteiger partial charge is 0.321 e. The van der Waals surface area contributed by atoms with E-state index in [-0.39, 0.29) is 17.9 Å². The number of likely N-dealkylation sites (tertiary alicyclic amines) is 1. The first kappa shape index (κ1) is 21.0. The summed E-state index contributed by atoms with van der Waals surface area (Å²) in [4.78, 5) is 27.2. The van der Waals surface area contributed by atoms with Crippen molar-refractivity contribution in [1.82, 2.24) is 15.1 Å². The molecule has 2 N–H and O–H groups in total. The number of carbonyl (C=O) groups is 2. The van der Waals surface area contributed by atoms with Crippen LogP contribution in [0.1, 0.15) is 44.7 Å². The number of amides is 3. The Kier molecular flexibility index (Phi) is 6.27. The maximum absolute atomic E-state index is 12.8. The van der Waals surface area contributed by atoms with E-state index < -0.39 is 0 Å². The van der Waals surface area contributed by atoms with Crippen LogP contribution in [0.2, 0.25) is 0 Å². The van der Waals surface area contributed by atoms with Crippen LogP contribution in [0, 0.1) is 13.8 Å². The van der Waals surface area contributed by atoms with Gasteiger partial charge in [0.05, 0.1) is 0 Å². The molecule has 0 saturated carbocycles. The molecule has 1 aliphatic heterocycles. The van der Waals surface area contributed by atoms with E-state index in [1.165, 1.54) is 11.3 Å². The van der Waals surface area contributed by atoms with Gasteiger partial charge in [0.1, 0.15) is 5.01 Å². The number of rotatable bonds is 4. The first-order valence-electron chi connectivity index (χ1n) is 10.3.